The van der Waals surface area contributed by atoms with Gasteiger partial charge in [-0.25, -0.2) is 0 Å². The molecular weight excluding hydrogens is 236 g/mol. The van der Waals surface area contributed by atoms with E-state index in [1.807, 2.05) is 0 Å². The highest BCUT2D eigenvalue weighted by atomic mass is 32.2. The van der Waals surface area contributed by atoms with Crippen LogP contribution in [0.1, 0.15) is 0 Å². The van der Waals surface area contributed by atoms with Crippen LogP contribution in [0.3, 0.4) is 0 Å². The molecule has 16 heavy (non-hydrogen) atoms. The van der Waals surface area contributed by atoms with Crippen LogP contribution in [0, 0.1) is 0 Å². The molecule has 0 unspecified atom stereocenters. The monoisotopic (exact) mass is 254 g/mol. The van der Waals surface area contributed by atoms with Crippen molar-refractivity contribution in [2.24, 2.45) is 0 Å². The van der Waals surface area contributed by atoms with E-state index >= 15 is 0 Å². The molecule has 0 amide bonds. The van der Waals surface area contributed by atoms with E-state index in [0.717, 1.165) is 5.41 Å². The molecule has 96 valence electrons. The first-order valence-corrected chi connectivity index (χ1v) is 6.26. The van der Waals surface area contributed by atoms with E-state index in [1.165, 1.54) is 0 Å². The summed E-state index contributed by atoms with van der Waals surface area (Å²) in [6.45, 7) is 5.17. The summed E-state index contributed by atoms with van der Waals surface area (Å²) in [5.41, 5.74) is 0. The Morgan fingerprint density at radius 2 is 1.50 bits per heavy atom. The van der Waals surface area contributed by atoms with Crippen molar-refractivity contribution >= 4 is 10.1 Å². The quantitative estimate of drug-likeness (QED) is 0.386. The third-order valence-corrected chi connectivity index (χ3v) is 2.39. The Balaban J connectivity index is 3.19. The van der Waals surface area contributed by atoms with Gasteiger partial charge in [0.05, 0.1) is 45.0 Å². The maximum Gasteiger partial charge on any atom is 0.289 e. The molecule has 0 aromatic carbocycles. The maximum absolute atomic E-state index is 10.8. The molecular formula is C9H18O6S. The van der Waals surface area contributed by atoms with Crippen molar-refractivity contribution in [2.45, 2.75) is 0 Å². The molecule has 0 aliphatic rings. The van der Waals surface area contributed by atoms with Gasteiger partial charge in [0.1, 0.15) is 0 Å². The molecule has 0 radical (unpaired) electrons. The molecule has 0 bridgehead atoms. The lowest BCUT2D eigenvalue weighted by molar-refractivity contribution is 0.0185. The van der Waals surface area contributed by atoms with Crippen molar-refractivity contribution < 1.29 is 26.8 Å². The topological polar surface area (TPSA) is 71.1 Å². The van der Waals surface area contributed by atoms with Crippen LogP contribution in [0.5, 0.6) is 0 Å². The zero-order chi connectivity index (χ0) is 12.3. The SMILES string of the molecule is C=CS(=O)(=O)OCCOCCOCCOC. The van der Waals surface area contributed by atoms with Gasteiger partial charge in [-0.2, -0.15) is 8.42 Å². The highest BCUT2D eigenvalue weighted by molar-refractivity contribution is 7.89. The van der Waals surface area contributed by atoms with Gasteiger partial charge in [-0.15, -0.1) is 0 Å². The summed E-state index contributed by atoms with van der Waals surface area (Å²) in [4.78, 5) is 0. The van der Waals surface area contributed by atoms with Gasteiger partial charge in [-0.1, -0.05) is 6.58 Å². The van der Waals surface area contributed by atoms with E-state index in [0.29, 0.717) is 26.4 Å². The normalized spacial score (nSPS) is 11.6. The molecule has 7 heteroatoms. The summed E-state index contributed by atoms with van der Waals surface area (Å²) in [6.07, 6.45) is 0. The van der Waals surface area contributed by atoms with Crippen LogP contribution in [0.15, 0.2) is 12.0 Å². The molecule has 0 rings (SSSR count). The van der Waals surface area contributed by atoms with Crippen LogP contribution in [0.25, 0.3) is 0 Å². The van der Waals surface area contributed by atoms with Crippen molar-refractivity contribution in [1.82, 2.24) is 0 Å². The number of hydrogen-bond acceptors (Lipinski definition) is 6. The smallest absolute Gasteiger partial charge is 0.289 e. The fraction of sp³-hybridized carbons (Fsp3) is 0.778. The Hall–Kier alpha value is -0.470. The molecule has 0 saturated heterocycles. The van der Waals surface area contributed by atoms with Gasteiger partial charge in [-0.05, 0) is 0 Å². The second kappa shape index (κ2) is 9.73. The zero-order valence-corrected chi connectivity index (χ0v) is 10.2. The van der Waals surface area contributed by atoms with Crippen LogP contribution >= 0.6 is 0 Å². The van der Waals surface area contributed by atoms with Crippen LogP contribution in [-0.4, -0.2) is 55.2 Å². The molecule has 0 spiro atoms. The lowest BCUT2D eigenvalue weighted by Crippen LogP contribution is -2.12. The maximum atomic E-state index is 10.8. The average Bonchev–Trinajstić information content (AvgIpc) is 2.27. The molecule has 0 heterocycles. The lowest BCUT2D eigenvalue weighted by Gasteiger charge is -2.05. The minimum atomic E-state index is -3.59. The molecule has 0 fully saturated rings. The van der Waals surface area contributed by atoms with Crippen molar-refractivity contribution in [2.75, 3.05) is 46.8 Å². The number of ether oxygens (including phenoxy) is 3. The average molecular weight is 254 g/mol. The molecule has 0 aromatic heterocycles. The molecule has 0 saturated carbocycles. The van der Waals surface area contributed by atoms with Gasteiger partial charge in [0, 0.05) is 7.11 Å². The van der Waals surface area contributed by atoms with Crippen LogP contribution < -0.4 is 0 Å². The van der Waals surface area contributed by atoms with E-state index in [2.05, 4.69) is 10.8 Å². The largest absolute Gasteiger partial charge is 0.382 e. The molecule has 0 aliphatic heterocycles. The van der Waals surface area contributed by atoms with E-state index in [9.17, 15) is 8.42 Å². The Morgan fingerprint density at radius 3 is 2.00 bits per heavy atom. The zero-order valence-electron chi connectivity index (χ0n) is 9.38. The minimum absolute atomic E-state index is 0.0214. The van der Waals surface area contributed by atoms with Gasteiger partial charge in [-0.3, -0.25) is 4.18 Å². The van der Waals surface area contributed by atoms with Crippen LogP contribution in [-0.2, 0) is 28.5 Å². The summed E-state index contributed by atoms with van der Waals surface area (Å²) >= 11 is 0. The van der Waals surface area contributed by atoms with E-state index in [4.69, 9.17) is 14.2 Å². The van der Waals surface area contributed by atoms with Crippen molar-refractivity contribution in [3.63, 3.8) is 0 Å². The van der Waals surface area contributed by atoms with Gasteiger partial charge in [0.25, 0.3) is 10.1 Å². The van der Waals surface area contributed by atoms with Crippen molar-refractivity contribution in [1.29, 1.82) is 0 Å². The number of hydrogen-bond donors (Lipinski definition) is 0. The summed E-state index contributed by atoms with van der Waals surface area (Å²) in [5.74, 6) is 0. The molecule has 6 nitrogen and oxygen atoms in total. The minimum Gasteiger partial charge on any atom is -0.382 e. The number of methoxy groups -OCH3 is 1. The molecule has 0 aliphatic carbocycles. The Bertz CT molecular complexity index is 261. The second-order valence-corrected chi connectivity index (χ2v) is 4.25. The standard InChI is InChI=1S/C9H18O6S/c1-3-16(10,11)15-9-8-14-7-6-13-5-4-12-2/h3H,1,4-9H2,2H3. The fourth-order valence-corrected chi connectivity index (χ4v) is 1.12. The van der Waals surface area contributed by atoms with Gasteiger partial charge in [0.2, 0.25) is 0 Å². The fourth-order valence-electron chi connectivity index (χ4n) is 0.721. The summed E-state index contributed by atoms with van der Waals surface area (Å²) in [6, 6.07) is 0. The number of rotatable bonds is 11. The van der Waals surface area contributed by atoms with Crippen LogP contribution in [0.2, 0.25) is 0 Å². The van der Waals surface area contributed by atoms with Gasteiger partial charge < -0.3 is 14.2 Å². The first-order chi connectivity index (χ1) is 7.62. The highest BCUT2D eigenvalue weighted by Gasteiger charge is 2.03. The lowest BCUT2D eigenvalue weighted by atomic mass is 10.7. The predicted molar refractivity (Wildman–Crippen MR) is 58.6 cm³/mol. The summed E-state index contributed by atoms with van der Waals surface area (Å²) in [7, 11) is -1.99. The van der Waals surface area contributed by atoms with E-state index in [-0.39, 0.29) is 13.2 Å². The second-order valence-electron chi connectivity index (χ2n) is 2.70. The summed E-state index contributed by atoms with van der Waals surface area (Å²) < 4.78 is 41.0. The van der Waals surface area contributed by atoms with E-state index in [1.54, 1.807) is 7.11 Å². The van der Waals surface area contributed by atoms with E-state index < -0.39 is 10.1 Å². The third kappa shape index (κ3) is 10.1. The van der Waals surface area contributed by atoms with Crippen molar-refractivity contribution in [3.05, 3.63) is 12.0 Å². The Morgan fingerprint density at radius 1 is 1.00 bits per heavy atom. The third-order valence-electron chi connectivity index (χ3n) is 1.48. The van der Waals surface area contributed by atoms with Crippen molar-refractivity contribution in [3.8, 4) is 0 Å². The highest BCUT2D eigenvalue weighted by Crippen LogP contribution is 1.92. The summed E-state index contributed by atoms with van der Waals surface area (Å²) in [5, 5.41) is 0.751. The Kier molecular flexibility index (Phi) is 9.45. The first kappa shape index (κ1) is 15.5. The van der Waals surface area contributed by atoms with Gasteiger partial charge >= 0.3 is 0 Å². The molecule has 0 N–H and O–H groups in total. The predicted octanol–water partition coefficient (Wildman–Crippen LogP) is 0.156. The Labute approximate surface area is 96.3 Å². The molecule has 0 atom stereocenters. The van der Waals surface area contributed by atoms with Crippen LogP contribution in [0.4, 0.5) is 0 Å². The first-order valence-electron chi connectivity index (χ1n) is 4.78. The molecule has 0 aromatic rings. The van der Waals surface area contributed by atoms with Gasteiger partial charge in [0.15, 0.2) is 0 Å².